The van der Waals surface area contributed by atoms with E-state index in [0.717, 1.165) is 90.9 Å². The van der Waals surface area contributed by atoms with Crippen molar-refractivity contribution >= 4 is 21.9 Å². The number of fused-ring (bicyclic) bond motifs is 2. The minimum Gasteiger partial charge on any atom is -0.491 e. The lowest BCUT2D eigenvalue weighted by atomic mass is 9.88. The summed E-state index contributed by atoms with van der Waals surface area (Å²) in [5.41, 5.74) is 6.38. The maximum atomic E-state index is 9.94. The molecule has 2 aliphatic carbocycles. The number of likely N-dealkylation sites (tertiary alicyclic amines) is 1. The first kappa shape index (κ1) is 23.5. The van der Waals surface area contributed by atoms with Crippen molar-refractivity contribution < 1.29 is 9.47 Å². The van der Waals surface area contributed by atoms with Gasteiger partial charge in [-0.25, -0.2) is 9.97 Å². The van der Waals surface area contributed by atoms with Gasteiger partial charge in [-0.05, 0) is 81.6 Å². The normalized spacial score (nSPS) is 18.8. The summed E-state index contributed by atoms with van der Waals surface area (Å²) in [6, 6.07) is 6.79. The molecule has 0 radical (unpaired) electrons. The molecule has 8 heteroatoms. The van der Waals surface area contributed by atoms with Gasteiger partial charge in [0, 0.05) is 23.2 Å². The summed E-state index contributed by atoms with van der Waals surface area (Å²) < 4.78 is 12.3. The summed E-state index contributed by atoms with van der Waals surface area (Å²) in [7, 11) is 1.63. The van der Waals surface area contributed by atoms with Crippen molar-refractivity contribution in [1.82, 2.24) is 24.8 Å². The maximum absolute atomic E-state index is 9.94. The second kappa shape index (κ2) is 9.32. The second-order valence-electron chi connectivity index (χ2n) is 11.2. The predicted octanol–water partition coefficient (Wildman–Crippen LogP) is 5.85. The topological polar surface area (TPSA) is 103 Å². The summed E-state index contributed by atoms with van der Waals surface area (Å²) in [6.07, 6.45) is 8.71. The largest absolute Gasteiger partial charge is 0.491 e. The van der Waals surface area contributed by atoms with Crippen LogP contribution in [0, 0.1) is 17.2 Å². The highest BCUT2D eigenvalue weighted by Gasteiger charge is 2.32. The Balaban J connectivity index is 1.36. The number of piperidine rings is 1. The summed E-state index contributed by atoms with van der Waals surface area (Å²) in [5, 5.41) is 10.8. The fourth-order valence-electron chi connectivity index (χ4n) is 6.03. The van der Waals surface area contributed by atoms with Crippen LogP contribution in [0.5, 0.6) is 11.6 Å². The zero-order chi connectivity index (χ0) is 25.8. The Morgan fingerprint density at radius 3 is 2.58 bits per heavy atom. The number of hydrogen-bond acceptors (Lipinski definition) is 6. The number of ether oxygens (including phenoxy) is 2. The summed E-state index contributed by atoms with van der Waals surface area (Å²) in [5.74, 6) is 3.62. The van der Waals surface area contributed by atoms with Crippen LogP contribution in [0.4, 0.5) is 0 Å². The third-order valence-electron chi connectivity index (χ3n) is 8.64. The van der Waals surface area contributed by atoms with Crippen LogP contribution in [0.1, 0.15) is 74.1 Å². The van der Waals surface area contributed by atoms with Crippen LogP contribution in [0.2, 0.25) is 0 Å². The van der Waals surface area contributed by atoms with Crippen molar-refractivity contribution in [3.8, 4) is 29.1 Å². The zero-order valence-corrected chi connectivity index (χ0v) is 22.1. The lowest BCUT2D eigenvalue weighted by molar-refractivity contribution is 0.218. The average Bonchev–Trinajstić information content (AvgIpc) is 3.89. The number of H-pyrrole nitrogens is 2. The third kappa shape index (κ3) is 4.01. The van der Waals surface area contributed by atoms with Crippen molar-refractivity contribution in [1.29, 1.82) is 5.26 Å². The predicted molar refractivity (Wildman–Crippen MR) is 147 cm³/mol. The molecule has 3 fully saturated rings. The molecule has 0 atom stereocenters. The SMILES string of the molecule is CCN1CCC(c2ccc3[nH]c(-c4c(OC)ncc5c(C#N)c(C6CC6)[nH]c45)nc3c2OCC2CC2)CC1. The standard InChI is InChI=1S/C30H34N6O2/c1-3-36-12-10-18(11-13-36)20-8-9-23-27(28(20)38-16-17-4-5-17)35-29(33-23)24-26-22(15-32-30(24)37-2)21(14-31)25(34-26)19-6-7-19/h8-9,15,17-19,34H,3-7,10-13,16H2,1-2H3,(H,33,35). The van der Waals surface area contributed by atoms with E-state index in [4.69, 9.17) is 14.5 Å². The number of pyridine rings is 1. The van der Waals surface area contributed by atoms with E-state index < -0.39 is 0 Å². The van der Waals surface area contributed by atoms with Gasteiger partial charge in [0.05, 0.1) is 30.3 Å². The van der Waals surface area contributed by atoms with Crippen LogP contribution in [0.3, 0.4) is 0 Å². The Labute approximate surface area is 222 Å². The van der Waals surface area contributed by atoms with Gasteiger partial charge >= 0.3 is 0 Å². The molecule has 3 aliphatic rings. The molecule has 2 N–H and O–H groups in total. The molecule has 2 saturated carbocycles. The van der Waals surface area contributed by atoms with E-state index in [1.807, 2.05) is 0 Å². The van der Waals surface area contributed by atoms with E-state index in [0.29, 0.717) is 35.0 Å². The molecule has 1 aromatic carbocycles. The van der Waals surface area contributed by atoms with Gasteiger partial charge < -0.3 is 24.3 Å². The van der Waals surface area contributed by atoms with Crippen LogP contribution in [-0.2, 0) is 0 Å². The number of aromatic amines is 2. The molecule has 7 rings (SSSR count). The number of hydrogen-bond donors (Lipinski definition) is 2. The van der Waals surface area contributed by atoms with Crippen molar-refractivity contribution in [2.75, 3.05) is 33.4 Å². The van der Waals surface area contributed by atoms with Gasteiger partial charge in [0.2, 0.25) is 5.88 Å². The second-order valence-corrected chi connectivity index (χ2v) is 11.2. The molecule has 8 nitrogen and oxygen atoms in total. The van der Waals surface area contributed by atoms with E-state index >= 15 is 0 Å². The maximum Gasteiger partial charge on any atom is 0.226 e. The highest BCUT2D eigenvalue weighted by molar-refractivity contribution is 6.00. The minimum atomic E-state index is 0.413. The van der Waals surface area contributed by atoms with Gasteiger partial charge in [-0.15, -0.1) is 0 Å². The van der Waals surface area contributed by atoms with Gasteiger partial charge in [0.1, 0.15) is 23.0 Å². The van der Waals surface area contributed by atoms with Crippen LogP contribution < -0.4 is 9.47 Å². The highest BCUT2D eigenvalue weighted by atomic mass is 16.5. The first-order chi connectivity index (χ1) is 18.7. The van der Waals surface area contributed by atoms with Gasteiger partial charge in [0.15, 0.2) is 5.75 Å². The number of rotatable bonds is 8. The zero-order valence-electron chi connectivity index (χ0n) is 22.1. The lowest BCUT2D eigenvalue weighted by Crippen LogP contribution is -2.32. The fraction of sp³-hybridized carbons (Fsp3) is 0.500. The number of nitriles is 1. The van der Waals surface area contributed by atoms with Crippen molar-refractivity contribution in [3.05, 3.63) is 35.2 Å². The Morgan fingerprint density at radius 1 is 1.08 bits per heavy atom. The molecule has 0 unspecified atom stereocenters. The molecule has 0 amide bonds. The van der Waals surface area contributed by atoms with Gasteiger partial charge in [-0.1, -0.05) is 13.0 Å². The quantitative estimate of drug-likeness (QED) is 0.308. The van der Waals surface area contributed by atoms with Crippen LogP contribution >= 0.6 is 0 Å². The molecule has 0 spiro atoms. The summed E-state index contributed by atoms with van der Waals surface area (Å²) in [4.78, 5) is 19.3. The number of nitrogens with zero attached hydrogens (tertiary/aromatic N) is 4. The molecule has 1 aliphatic heterocycles. The summed E-state index contributed by atoms with van der Waals surface area (Å²) in [6.45, 7) is 6.33. The van der Waals surface area contributed by atoms with Crippen LogP contribution in [-0.4, -0.2) is 58.2 Å². The first-order valence-electron chi connectivity index (χ1n) is 14.0. The molecule has 0 bridgehead atoms. The molecule has 4 aromatic rings. The number of methoxy groups -OCH3 is 1. The summed E-state index contributed by atoms with van der Waals surface area (Å²) >= 11 is 0. The molecular formula is C30H34N6O2. The molecule has 38 heavy (non-hydrogen) atoms. The first-order valence-corrected chi connectivity index (χ1v) is 14.0. The number of imidazole rings is 1. The molecular weight excluding hydrogens is 476 g/mol. The van der Waals surface area contributed by atoms with E-state index in [-0.39, 0.29) is 0 Å². The van der Waals surface area contributed by atoms with E-state index in [2.05, 4.69) is 45.0 Å². The minimum absolute atomic E-state index is 0.413. The molecule has 3 aromatic heterocycles. The van der Waals surface area contributed by atoms with Crippen LogP contribution in [0.25, 0.3) is 33.3 Å². The number of benzene rings is 1. The van der Waals surface area contributed by atoms with Crippen molar-refractivity contribution in [2.45, 2.75) is 57.3 Å². The number of aromatic nitrogens is 4. The molecule has 4 heterocycles. The Bertz CT molecular complexity index is 1550. The van der Waals surface area contributed by atoms with Gasteiger partial charge in [0.25, 0.3) is 0 Å². The van der Waals surface area contributed by atoms with Crippen molar-refractivity contribution in [3.63, 3.8) is 0 Å². The van der Waals surface area contributed by atoms with E-state index in [1.54, 1.807) is 13.3 Å². The fourth-order valence-corrected chi connectivity index (χ4v) is 6.03. The lowest BCUT2D eigenvalue weighted by Gasteiger charge is -2.32. The number of nitrogens with one attached hydrogen (secondary N) is 2. The monoisotopic (exact) mass is 510 g/mol. The Hall–Kier alpha value is -3.57. The van der Waals surface area contributed by atoms with Gasteiger partial charge in [-0.2, -0.15) is 5.26 Å². The molecule has 196 valence electrons. The van der Waals surface area contributed by atoms with Crippen LogP contribution in [0.15, 0.2) is 18.3 Å². The van der Waals surface area contributed by atoms with Crippen molar-refractivity contribution in [2.24, 2.45) is 5.92 Å². The third-order valence-corrected chi connectivity index (χ3v) is 8.64. The van der Waals surface area contributed by atoms with Gasteiger partial charge in [-0.3, -0.25) is 0 Å². The molecule has 1 saturated heterocycles. The van der Waals surface area contributed by atoms with E-state index in [1.165, 1.54) is 18.4 Å². The smallest absolute Gasteiger partial charge is 0.226 e. The average molecular weight is 511 g/mol. The Kier molecular flexibility index (Phi) is 5.77. The van der Waals surface area contributed by atoms with E-state index in [9.17, 15) is 5.26 Å². The highest BCUT2D eigenvalue weighted by Crippen LogP contribution is 2.46. The Morgan fingerprint density at radius 2 is 1.89 bits per heavy atom.